The van der Waals surface area contributed by atoms with E-state index in [0.717, 1.165) is 4.90 Å². The first kappa shape index (κ1) is 13.2. The van der Waals surface area contributed by atoms with Crippen LogP contribution in [-0.4, -0.2) is 50.7 Å². The van der Waals surface area contributed by atoms with Crippen LogP contribution in [0.4, 0.5) is 0 Å². The molecule has 1 aromatic rings. The molecule has 1 fully saturated rings. The van der Waals surface area contributed by atoms with Crippen LogP contribution in [0.15, 0.2) is 6.07 Å². The zero-order chi connectivity index (χ0) is 13.4. The van der Waals surface area contributed by atoms with Gasteiger partial charge in [-0.15, -0.1) is 0 Å². The minimum absolute atomic E-state index is 0.0171. The Hall–Kier alpha value is -1.24. The van der Waals surface area contributed by atoms with Crippen molar-refractivity contribution in [2.45, 2.75) is 18.6 Å². The van der Waals surface area contributed by atoms with Crippen molar-refractivity contribution in [1.29, 1.82) is 0 Å². The average Bonchev–Trinajstić information content (AvgIpc) is 2.82. The van der Waals surface area contributed by atoms with E-state index in [4.69, 9.17) is 28.3 Å². The number of hydrogen-bond donors (Lipinski definition) is 3. The SMILES string of the molecule is O=C(O)[C@@H]1CC(O)CN1C(=O)c1cc(Cl)c(Cl)[nH]1. The number of nitrogens with one attached hydrogen (secondary N) is 1. The van der Waals surface area contributed by atoms with Gasteiger partial charge in [-0.2, -0.15) is 0 Å². The van der Waals surface area contributed by atoms with Gasteiger partial charge >= 0.3 is 5.97 Å². The van der Waals surface area contributed by atoms with E-state index in [1.807, 2.05) is 0 Å². The molecule has 1 saturated heterocycles. The summed E-state index contributed by atoms with van der Waals surface area (Å²) in [5.41, 5.74) is 0.102. The third-order valence-corrected chi connectivity index (χ3v) is 3.47. The molecule has 1 aromatic heterocycles. The molecule has 98 valence electrons. The summed E-state index contributed by atoms with van der Waals surface area (Å²) >= 11 is 11.4. The molecule has 8 heteroatoms. The second-order valence-electron chi connectivity index (χ2n) is 4.05. The monoisotopic (exact) mass is 292 g/mol. The summed E-state index contributed by atoms with van der Waals surface area (Å²) in [5.74, 6) is -1.70. The number of carbonyl (C=O) groups excluding carboxylic acids is 1. The predicted molar refractivity (Wildman–Crippen MR) is 63.9 cm³/mol. The maximum Gasteiger partial charge on any atom is 0.326 e. The predicted octanol–water partition coefficient (Wildman–Crippen LogP) is 0.981. The molecule has 0 spiro atoms. The van der Waals surface area contributed by atoms with Gasteiger partial charge < -0.3 is 20.1 Å². The summed E-state index contributed by atoms with van der Waals surface area (Å²) in [5, 5.41) is 18.7. The maximum absolute atomic E-state index is 12.1. The highest BCUT2D eigenvalue weighted by Crippen LogP contribution is 2.25. The number of rotatable bonds is 2. The van der Waals surface area contributed by atoms with Crippen molar-refractivity contribution >= 4 is 35.1 Å². The summed E-state index contributed by atoms with van der Waals surface area (Å²) in [4.78, 5) is 26.7. The number of aromatic amines is 1. The summed E-state index contributed by atoms with van der Waals surface area (Å²) < 4.78 is 0. The van der Waals surface area contributed by atoms with Crippen LogP contribution in [0.25, 0.3) is 0 Å². The topological polar surface area (TPSA) is 93.6 Å². The van der Waals surface area contributed by atoms with Crippen LogP contribution < -0.4 is 0 Å². The number of β-amino-alcohol motifs (C(OH)–C–C–N with tert-alkyl or cyclic N) is 1. The molecule has 0 saturated carbocycles. The second-order valence-corrected chi connectivity index (χ2v) is 4.83. The Morgan fingerprint density at radius 1 is 1.44 bits per heavy atom. The van der Waals surface area contributed by atoms with Crippen LogP contribution in [0.3, 0.4) is 0 Å². The largest absolute Gasteiger partial charge is 0.480 e. The Labute approximate surface area is 112 Å². The standard InChI is InChI=1S/C10H10Cl2N2O4/c11-5-2-6(13-8(5)12)9(16)14-3-4(15)1-7(14)10(17)18/h2,4,7,13,15H,1,3H2,(H,17,18)/t4?,7-/m0/s1. The van der Waals surface area contributed by atoms with Crippen molar-refractivity contribution in [1.82, 2.24) is 9.88 Å². The van der Waals surface area contributed by atoms with Gasteiger partial charge in [0.2, 0.25) is 0 Å². The van der Waals surface area contributed by atoms with E-state index in [-0.39, 0.29) is 28.8 Å². The van der Waals surface area contributed by atoms with E-state index < -0.39 is 24.0 Å². The zero-order valence-electron chi connectivity index (χ0n) is 9.06. The number of carbonyl (C=O) groups is 2. The number of aliphatic hydroxyl groups is 1. The molecule has 1 aliphatic rings. The van der Waals surface area contributed by atoms with Gasteiger partial charge in [0, 0.05) is 13.0 Å². The van der Waals surface area contributed by atoms with Crippen molar-refractivity contribution in [3.63, 3.8) is 0 Å². The molecule has 1 aliphatic heterocycles. The number of H-pyrrole nitrogens is 1. The van der Waals surface area contributed by atoms with Gasteiger partial charge in [-0.1, -0.05) is 23.2 Å². The van der Waals surface area contributed by atoms with Crippen molar-refractivity contribution in [2.75, 3.05) is 6.54 Å². The van der Waals surface area contributed by atoms with Crippen molar-refractivity contribution in [3.8, 4) is 0 Å². The van der Waals surface area contributed by atoms with E-state index in [1.165, 1.54) is 6.07 Å². The number of hydrogen-bond acceptors (Lipinski definition) is 3. The lowest BCUT2D eigenvalue weighted by Gasteiger charge is -2.20. The van der Waals surface area contributed by atoms with E-state index in [9.17, 15) is 14.7 Å². The number of aromatic nitrogens is 1. The molecule has 18 heavy (non-hydrogen) atoms. The minimum Gasteiger partial charge on any atom is -0.480 e. The Bertz CT molecular complexity index is 483. The molecule has 0 aromatic carbocycles. The third-order valence-electron chi connectivity index (χ3n) is 2.78. The molecule has 6 nitrogen and oxygen atoms in total. The number of aliphatic carboxylic acids is 1. The van der Waals surface area contributed by atoms with Gasteiger partial charge in [-0.05, 0) is 6.07 Å². The van der Waals surface area contributed by atoms with Crippen molar-refractivity contribution in [3.05, 3.63) is 21.9 Å². The molecule has 1 unspecified atom stereocenters. The van der Waals surface area contributed by atoms with Gasteiger partial charge in [-0.3, -0.25) is 4.79 Å². The number of carboxylic acids is 1. The maximum atomic E-state index is 12.1. The molecular weight excluding hydrogens is 283 g/mol. The van der Waals surface area contributed by atoms with Gasteiger partial charge in [0.25, 0.3) is 5.91 Å². The minimum atomic E-state index is -1.15. The highest BCUT2D eigenvalue weighted by Gasteiger charge is 2.39. The zero-order valence-corrected chi connectivity index (χ0v) is 10.6. The van der Waals surface area contributed by atoms with Crippen LogP contribution >= 0.6 is 23.2 Å². The molecule has 3 N–H and O–H groups in total. The lowest BCUT2D eigenvalue weighted by Crippen LogP contribution is -2.40. The number of likely N-dealkylation sites (tertiary alicyclic amines) is 1. The van der Waals surface area contributed by atoms with Crippen LogP contribution in [0.5, 0.6) is 0 Å². The quantitative estimate of drug-likeness (QED) is 0.757. The summed E-state index contributed by atoms with van der Waals surface area (Å²) in [6, 6.07) is 0.295. The fourth-order valence-electron chi connectivity index (χ4n) is 1.95. The molecular formula is C10H10Cl2N2O4. The third kappa shape index (κ3) is 2.31. The Balaban J connectivity index is 2.25. The number of aliphatic hydroxyl groups excluding tert-OH is 1. The van der Waals surface area contributed by atoms with E-state index in [1.54, 1.807) is 0 Å². The van der Waals surface area contributed by atoms with E-state index >= 15 is 0 Å². The molecule has 0 aliphatic carbocycles. The van der Waals surface area contributed by atoms with E-state index in [2.05, 4.69) is 4.98 Å². The molecule has 2 atom stereocenters. The lowest BCUT2D eigenvalue weighted by molar-refractivity contribution is -0.141. The first-order valence-electron chi connectivity index (χ1n) is 5.16. The van der Waals surface area contributed by atoms with Gasteiger partial charge in [-0.25, -0.2) is 4.79 Å². The summed E-state index contributed by atoms with van der Waals surface area (Å²) in [7, 11) is 0. The molecule has 2 rings (SSSR count). The number of nitrogens with zero attached hydrogens (tertiary/aromatic N) is 1. The molecule has 0 radical (unpaired) electrons. The first-order valence-corrected chi connectivity index (χ1v) is 5.91. The van der Waals surface area contributed by atoms with E-state index in [0.29, 0.717) is 0 Å². The first-order chi connectivity index (χ1) is 8.40. The van der Waals surface area contributed by atoms with Crippen LogP contribution in [0.1, 0.15) is 16.9 Å². The highest BCUT2D eigenvalue weighted by molar-refractivity contribution is 6.41. The summed E-state index contributed by atoms with van der Waals surface area (Å²) in [6.07, 6.45) is -0.820. The average molecular weight is 293 g/mol. The van der Waals surface area contributed by atoms with Crippen LogP contribution in [-0.2, 0) is 4.79 Å². The van der Waals surface area contributed by atoms with Gasteiger partial charge in [0.1, 0.15) is 16.9 Å². The van der Waals surface area contributed by atoms with Crippen LogP contribution in [0, 0.1) is 0 Å². The summed E-state index contributed by atoms with van der Waals surface area (Å²) in [6.45, 7) is -0.0238. The normalized spacial score (nSPS) is 23.4. The Morgan fingerprint density at radius 3 is 2.61 bits per heavy atom. The second kappa shape index (κ2) is 4.79. The molecule has 0 bridgehead atoms. The molecule has 1 amide bonds. The lowest BCUT2D eigenvalue weighted by atomic mass is 10.2. The number of halogens is 2. The highest BCUT2D eigenvalue weighted by atomic mass is 35.5. The molecule has 2 heterocycles. The smallest absolute Gasteiger partial charge is 0.326 e. The van der Waals surface area contributed by atoms with Gasteiger partial charge in [0.05, 0.1) is 11.1 Å². The van der Waals surface area contributed by atoms with Gasteiger partial charge in [0.15, 0.2) is 0 Å². The van der Waals surface area contributed by atoms with Crippen LogP contribution in [0.2, 0.25) is 10.2 Å². The van der Waals surface area contributed by atoms with Crippen molar-refractivity contribution < 1.29 is 19.8 Å². The van der Waals surface area contributed by atoms with Crippen molar-refractivity contribution in [2.24, 2.45) is 0 Å². The number of carboxylic acid groups (broad SMARTS) is 1. The number of amides is 1. The fourth-order valence-corrected chi connectivity index (χ4v) is 2.26. The Morgan fingerprint density at radius 2 is 2.11 bits per heavy atom. The Kier molecular flexibility index (Phi) is 3.52. The fraction of sp³-hybridized carbons (Fsp3) is 0.400.